The number of nitrogens with zero attached hydrogens (tertiary/aromatic N) is 2. The molecule has 0 fully saturated rings. The normalized spacial score (nSPS) is 10.5. The minimum atomic E-state index is -0.0692. The Morgan fingerprint density at radius 2 is 1.67 bits per heavy atom. The Balaban J connectivity index is 1.84. The van der Waals surface area contributed by atoms with E-state index >= 15 is 0 Å². The zero-order valence-electron chi connectivity index (χ0n) is 11.3. The van der Waals surface area contributed by atoms with Crippen molar-refractivity contribution < 1.29 is 13.9 Å². The molecule has 1 aromatic heterocycles. The molecule has 0 radical (unpaired) electrons. The lowest BCUT2D eigenvalue weighted by Crippen LogP contribution is -2.42. The number of aromatic nitrogens is 2. The molecule has 3 aromatic rings. The van der Waals surface area contributed by atoms with E-state index in [4.69, 9.17) is 10.2 Å². The van der Waals surface area contributed by atoms with E-state index in [1.165, 1.54) is 4.68 Å². The van der Waals surface area contributed by atoms with Crippen molar-refractivity contribution in [1.29, 1.82) is 0 Å². The van der Waals surface area contributed by atoms with Gasteiger partial charge < -0.3 is 4.42 Å². The lowest BCUT2D eigenvalue weighted by atomic mass is 10.1. The zero-order valence-corrected chi connectivity index (χ0v) is 11.3. The molecule has 0 amide bonds. The summed E-state index contributed by atoms with van der Waals surface area (Å²) in [6.45, 7) is 0.0478. The molecule has 0 aliphatic heterocycles. The number of ketones is 1. The smallest absolute Gasteiger partial charge is 0.367 e. The third kappa shape index (κ3) is 2.81. The largest absolute Gasteiger partial charge is 0.475 e. The number of benzene rings is 2. The van der Waals surface area contributed by atoms with Gasteiger partial charge in [0.05, 0.1) is 0 Å². The molecule has 2 aromatic carbocycles. The average Bonchev–Trinajstić information content (AvgIpc) is 2.90. The summed E-state index contributed by atoms with van der Waals surface area (Å²) in [5, 5.41) is 4.25. The Morgan fingerprint density at radius 1 is 1.05 bits per heavy atom. The van der Waals surface area contributed by atoms with E-state index in [1.807, 2.05) is 48.5 Å². The Bertz CT molecular complexity index is 752. The van der Waals surface area contributed by atoms with Gasteiger partial charge in [-0.2, -0.15) is 0 Å². The number of Topliss-reactive ketones (excluding diaryl/α,β-unsaturated/α-hetero) is 1. The zero-order chi connectivity index (χ0) is 14.7. The van der Waals surface area contributed by atoms with Crippen LogP contribution >= 0.6 is 0 Å². The summed E-state index contributed by atoms with van der Waals surface area (Å²) in [4.78, 5) is 12.2. The van der Waals surface area contributed by atoms with E-state index in [1.54, 1.807) is 12.1 Å². The number of nitrogens with two attached hydrogens (primary N) is 1. The van der Waals surface area contributed by atoms with Crippen molar-refractivity contribution in [2.24, 2.45) is 0 Å². The molecule has 0 aliphatic rings. The maximum Gasteiger partial charge on any atom is 0.475 e. The first-order valence-electron chi connectivity index (χ1n) is 6.54. The summed E-state index contributed by atoms with van der Waals surface area (Å²) >= 11 is 0. The highest BCUT2D eigenvalue weighted by Crippen LogP contribution is 2.16. The van der Waals surface area contributed by atoms with E-state index < -0.39 is 0 Å². The third-order valence-electron chi connectivity index (χ3n) is 3.08. The Hall–Kier alpha value is -2.95. The van der Waals surface area contributed by atoms with Gasteiger partial charge in [0.15, 0.2) is 6.54 Å². The second-order valence-electron chi connectivity index (χ2n) is 4.56. The predicted octanol–water partition coefficient (Wildman–Crippen LogP) is 2.09. The summed E-state index contributed by atoms with van der Waals surface area (Å²) in [5.41, 5.74) is 7.22. The fourth-order valence-electron chi connectivity index (χ4n) is 1.99. The van der Waals surface area contributed by atoms with Crippen LogP contribution in [-0.4, -0.2) is 10.9 Å². The van der Waals surface area contributed by atoms with Gasteiger partial charge in [0.25, 0.3) is 5.89 Å². The Labute approximate surface area is 121 Å². The van der Waals surface area contributed by atoms with Crippen LogP contribution in [0.4, 0.5) is 6.01 Å². The molecule has 1 heterocycles. The average molecular weight is 280 g/mol. The second kappa shape index (κ2) is 5.58. The summed E-state index contributed by atoms with van der Waals surface area (Å²) in [6.07, 6.45) is 0. The van der Waals surface area contributed by atoms with Crippen LogP contribution in [0.25, 0.3) is 11.5 Å². The predicted molar refractivity (Wildman–Crippen MR) is 77.3 cm³/mol. The lowest BCUT2D eigenvalue weighted by Gasteiger charge is -1.96. The minimum absolute atomic E-state index is 0.0478. The van der Waals surface area contributed by atoms with Gasteiger partial charge in [0.1, 0.15) is 0 Å². The first-order chi connectivity index (χ1) is 10.2. The van der Waals surface area contributed by atoms with Crippen molar-refractivity contribution in [2.75, 3.05) is 5.73 Å². The van der Waals surface area contributed by atoms with E-state index in [-0.39, 0.29) is 18.3 Å². The summed E-state index contributed by atoms with van der Waals surface area (Å²) in [7, 11) is 0. The van der Waals surface area contributed by atoms with Crippen LogP contribution in [0.3, 0.4) is 0 Å². The molecule has 3 rings (SSSR count). The number of hydrogen-bond donors (Lipinski definition) is 1. The van der Waals surface area contributed by atoms with Crippen LogP contribution in [0, 0.1) is 0 Å². The van der Waals surface area contributed by atoms with E-state index in [0.29, 0.717) is 11.5 Å². The van der Waals surface area contributed by atoms with Crippen LogP contribution in [0.1, 0.15) is 10.4 Å². The topological polar surface area (TPSA) is 73.0 Å². The number of carbonyl (C=O) groups is 1. The number of hydrogen-bond acceptors (Lipinski definition) is 4. The van der Waals surface area contributed by atoms with Crippen LogP contribution in [0.5, 0.6) is 0 Å². The van der Waals surface area contributed by atoms with Crippen molar-refractivity contribution in [3.8, 4) is 11.5 Å². The van der Waals surface area contributed by atoms with Crippen molar-refractivity contribution >= 4 is 11.8 Å². The highest BCUT2D eigenvalue weighted by Gasteiger charge is 2.20. The second-order valence-corrected chi connectivity index (χ2v) is 4.56. The van der Waals surface area contributed by atoms with Crippen molar-refractivity contribution in [1.82, 2.24) is 5.10 Å². The fraction of sp³-hybridized carbons (Fsp3) is 0.0625. The Kier molecular flexibility index (Phi) is 3.47. The van der Waals surface area contributed by atoms with Crippen LogP contribution in [0.2, 0.25) is 0 Å². The molecule has 0 saturated carbocycles. The lowest BCUT2D eigenvalue weighted by molar-refractivity contribution is -0.726. The molecule has 5 nitrogen and oxygen atoms in total. The van der Waals surface area contributed by atoms with Crippen molar-refractivity contribution in [3.05, 3.63) is 66.2 Å². The molecule has 0 saturated heterocycles. The van der Waals surface area contributed by atoms with Crippen LogP contribution < -0.4 is 10.4 Å². The number of rotatable bonds is 4. The molecule has 0 spiro atoms. The number of anilines is 1. The summed E-state index contributed by atoms with van der Waals surface area (Å²) in [6, 6.07) is 18.5. The molecule has 21 heavy (non-hydrogen) atoms. The quantitative estimate of drug-likeness (QED) is 0.586. The minimum Gasteiger partial charge on any atom is -0.367 e. The van der Waals surface area contributed by atoms with Gasteiger partial charge >= 0.3 is 6.01 Å². The van der Waals surface area contributed by atoms with E-state index in [2.05, 4.69) is 5.10 Å². The maximum absolute atomic E-state index is 12.2. The van der Waals surface area contributed by atoms with E-state index in [0.717, 1.165) is 5.56 Å². The maximum atomic E-state index is 12.2. The van der Waals surface area contributed by atoms with Gasteiger partial charge in [-0.25, -0.2) is 0 Å². The molecular weight excluding hydrogens is 266 g/mol. The molecule has 0 atom stereocenters. The molecule has 0 unspecified atom stereocenters. The monoisotopic (exact) mass is 280 g/mol. The van der Waals surface area contributed by atoms with Gasteiger partial charge in [0.2, 0.25) is 5.78 Å². The van der Waals surface area contributed by atoms with Gasteiger partial charge in [0, 0.05) is 11.1 Å². The van der Waals surface area contributed by atoms with Crippen LogP contribution in [0.15, 0.2) is 65.1 Å². The fourth-order valence-corrected chi connectivity index (χ4v) is 1.99. The first-order valence-corrected chi connectivity index (χ1v) is 6.54. The Morgan fingerprint density at radius 3 is 2.33 bits per heavy atom. The highest BCUT2D eigenvalue weighted by molar-refractivity contribution is 5.94. The molecule has 0 bridgehead atoms. The SMILES string of the molecule is Nc1oc(-c2ccccc2)n[n+]1CC(=O)c1ccccc1. The highest BCUT2D eigenvalue weighted by atomic mass is 16.4. The molecule has 0 aliphatic carbocycles. The van der Waals surface area contributed by atoms with Crippen LogP contribution in [-0.2, 0) is 6.54 Å². The molecule has 5 heteroatoms. The molecular formula is C16H14N3O2+. The third-order valence-corrected chi connectivity index (χ3v) is 3.08. The van der Waals surface area contributed by atoms with Crippen molar-refractivity contribution in [2.45, 2.75) is 6.54 Å². The van der Waals surface area contributed by atoms with Gasteiger partial charge in [-0.1, -0.05) is 53.2 Å². The van der Waals surface area contributed by atoms with Crippen molar-refractivity contribution in [3.63, 3.8) is 0 Å². The molecule has 104 valence electrons. The first kappa shape index (κ1) is 13.1. The van der Waals surface area contributed by atoms with Gasteiger partial charge in [-0.3, -0.25) is 10.5 Å². The van der Waals surface area contributed by atoms with Gasteiger partial charge in [-0.05, 0) is 17.2 Å². The number of nitrogen functional groups attached to an aromatic ring is 1. The standard InChI is InChI=1S/C16H13N3O2/c17-16-19(11-14(20)12-7-3-1-4-8-12)18-15(21-16)13-9-5-2-6-10-13/h1-10,17H,11H2/p+1. The summed E-state index contributed by atoms with van der Waals surface area (Å²) < 4.78 is 6.79. The van der Waals surface area contributed by atoms with E-state index in [9.17, 15) is 4.79 Å². The number of carbonyl (C=O) groups excluding carboxylic acids is 1. The summed E-state index contributed by atoms with van der Waals surface area (Å²) in [5.74, 6) is 0.328. The molecule has 2 N–H and O–H groups in total. The van der Waals surface area contributed by atoms with Gasteiger partial charge in [-0.15, -0.1) is 0 Å².